The molecule has 3 atom stereocenters. The van der Waals surface area contributed by atoms with Crippen LogP contribution in [0.1, 0.15) is 18.2 Å². The van der Waals surface area contributed by atoms with Crippen LogP contribution in [-0.2, 0) is 4.74 Å². The average Bonchev–Trinajstić information content (AvgIpc) is 2.65. The largest absolute Gasteiger partial charge is 0.394 e. The van der Waals surface area contributed by atoms with Crippen LogP contribution in [0, 0.1) is 11.7 Å². The van der Waals surface area contributed by atoms with E-state index in [-0.39, 0.29) is 16.9 Å². The smallest absolute Gasteiger partial charge is 0.254 e. The average molecular weight is 258 g/mol. The summed E-state index contributed by atoms with van der Waals surface area (Å²) in [5.41, 5.74) is 0.285. The van der Waals surface area contributed by atoms with Crippen molar-refractivity contribution in [3.05, 3.63) is 26.9 Å². The van der Waals surface area contributed by atoms with Crippen LogP contribution in [0.3, 0.4) is 0 Å². The van der Waals surface area contributed by atoms with E-state index in [1.807, 2.05) is 0 Å². The lowest BCUT2D eigenvalue weighted by atomic mass is 10.2. The van der Waals surface area contributed by atoms with Gasteiger partial charge < -0.3 is 14.9 Å². The molecule has 1 fully saturated rings. The molecule has 0 unspecified atom stereocenters. The second-order valence-electron chi connectivity index (χ2n) is 4.09. The molecule has 1 aromatic heterocycles. The van der Waals surface area contributed by atoms with Gasteiger partial charge in [-0.3, -0.25) is 14.3 Å². The third-order valence-corrected chi connectivity index (χ3v) is 3.15. The van der Waals surface area contributed by atoms with Crippen molar-refractivity contribution in [2.45, 2.75) is 31.8 Å². The molecule has 6 nitrogen and oxygen atoms in total. The van der Waals surface area contributed by atoms with Gasteiger partial charge in [0.25, 0.3) is 5.56 Å². The van der Waals surface area contributed by atoms with E-state index >= 15 is 0 Å². The molecule has 0 amide bonds. The normalized spacial score (nSPS) is 28.5. The van der Waals surface area contributed by atoms with Gasteiger partial charge in [-0.05, 0) is 19.1 Å². The number of hydrogen-bond acceptors (Lipinski definition) is 5. The zero-order chi connectivity index (χ0) is 12.6. The Morgan fingerprint density at radius 3 is 3.00 bits per heavy atom. The predicted molar refractivity (Wildman–Crippen MR) is 62.2 cm³/mol. The van der Waals surface area contributed by atoms with E-state index < -0.39 is 18.4 Å². The van der Waals surface area contributed by atoms with Crippen molar-refractivity contribution < 1.29 is 14.9 Å². The summed E-state index contributed by atoms with van der Waals surface area (Å²) in [6.45, 7) is 1.42. The van der Waals surface area contributed by atoms with Gasteiger partial charge in [0.15, 0.2) is 4.77 Å². The van der Waals surface area contributed by atoms with E-state index in [1.165, 1.54) is 0 Å². The number of aliphatic hydroxyl groups is 2. The number of nitrogens with zero attached hydrogens (tertiary/aromatic N) is 1. The minimum Gasteiger partial charge on any atom is -0.394 e. The molecule has 0 aromatic carbocycles. The van der Waals surface area contributed by atoms with Gasteiger partial charge >= 0.3 is 0 Å². The lowest BCUT2D eigenvalue weighted by molar-refractivity contribution is -0.0453. The first kappa shape index (κ1) is 12.4. The van der Waals surface area contributed by atoms with Crippen molar-refractivity contribution in [1.82, 2.24) is 9.55 Å². The molecular formula is C10H14N2O4S. The minimum atomic E-state index is -0.723. The van der Waals surface area contributed by atoms with Crippen LogP contribution in [0.15, 0.2) is 11.0 Å². The molecule has 0 aliphatic carbocycles. The number of ether oxygens (including phenoxy) is 1. The summed E-state index contributed by atoms with van der Waals surface area (Å²) < 4.78 is 7.29. The Kier molecular flexibility index (Phi) is 3.43. The lowest BCUT2D eigenvalue weighted by Gasteiger charge is -2.15. The third kappa shape index (κ3) is 2.32. The first-order valence-corrected chi connectivity index (χ1v) is 5.70. The van der Waals surface area contributed by atoms with Crippen molar-refractivity contribution in [2.24, 2.45) is 0 Å². The van der Waals surface area contributed by atoms with Crippen LogP contribution in [0.4, 0.5) is 0 Å². The van der Waals surface area contributed by atoms with E-state index in [2.05, 4.69) is 4.98 Å². The third-order valence-electron chi connectivity index (χ3n) is 2.84. The molecule has 0 radical (unpaired) electrons. The van der Waals surface area contributed by atoms with E-state index in [4.69, 9.17) is 22.1 Å². The number of rotatable bonds is 2. The monoisotopic (exact) mass is 258 g/mol. The highest BCUT2D eigenvalue weighted by atomic mass is 32.1. The zero-order valence-electron chi connectivity index (χ0n) is 9.29. The van der Waals surface area contributed by atoms with Gasteiger partial charge in [-0.2, -0.15) is 0 Å². The summed E-state index contributed by atoms with van der Waals surface area (Å²) >= 11 is 5.03. The van der Waals surface area contributed by atoms with Gasteiger partial charge in [0.1, 0.15) is 12.3 Å². The summed E-state index contributed by atoms with van der Waals surface area (Å²) in [7, 11) is 0. The molecule has 1 aliphatic rings. The Bertz CT molecular complexity index is 524. The van der Waals surface area contributed by atoms with Gasteiger partial charge in [-0.25, -0.2) is 0 Å². The maximum Gasteiger partial charge on any atom is 0.254 e. The van der Waals surface area contributed by atoms with Crippen LogP contribution >= 0.6 is 12.2 Å². The van der Waals surface area contributed by atoms with E-state index in [1.54, 1.807) is 17.7 Å². The van der Waals surface area contributed by atoms with Crippen LogP contribution < -0.4 is 5.56 Å². The summed E-state index contributed by atoms with van der Waals surface area (Å²) in [5.74, 6) is 0. The van der Waals surface area contributed by atoms with Gasteiger partial charge in [0, 0.05) is 18.2 Å². The number of aliphatic hydroxyl groups excluding tert-OH is 2. The summed E-state index contributed by atoms with van der Waals surface area (Å²) in [6, 6.07) is 0. The highest BCUT2D eigenvalue weighted by molar-refractivity contribution is 7.71. The number of nitrogens with one attached hydrogen (secondary N) is 1. The standard InChI is InChI=1S/C10H14N2O4S/c1-5-3-12(10(17)11-9(5)15)8-2-6(14)7(4-13)16-8/h3,6-8,13-14H,2,4H2,1H3,(H,11,15,17)/t6-,7-,8-/m1/s1. The molecule has 1 aromatic rings. The summed E-state index contributed by atoms with van der Waals surface area (Å²) in [6.07, 6.45) is 0.155. The van der Waals surface area contributed by atoms with Crippen molar-refractivity contribution in [3.8, 4) is 0 Å². The maximum atomic E-state index is 11.3. The molecule has 0 bridgehead atoms. The molecule has 3 N–H and O–H groups in total. The second kappa shape index (κ2) is 4.69. The Labute approximate surface area is 102 Å². The van der Waals surface area contributed by atoms with Gasteiger partial charge in [0.05, 0.1) is 12.7 Å². The number of aromatic nitrogens is 2. The molecule has 1 saturated heterocycles. The molecule has 0 saturated carbocycles. The topological polar surface area (TPSA) is 87.5 Å². The fourth-order valence-electron chi connectivity index (χ4n) is 1.85. The van der Waals surface area contributed by atoms with E-state index in [0.717, 1.165) is 0 Å². The van der Waals surface area contributed by atoms with Crippen molar-refractivity contribution in [3.63, 3.8) is 0 Å². The molecule has 2 rings (SSSR count). The lowest BCUT2D eigenvalue weighted by Crippen LogP contribution is -2.24. The Morgan fingerprint density at radius 1 is 1.71 bits per heavy atom. The number of aromatic amines is 1. The number of hydrogen-bond donors (Lipinski definition) is 3. The van der Waals surface area contributed by atoms with Crippen LogP contribution in [0.25, 0.3) is 0 Å². The van der Waals surface area contributed by atoms with Gasteiger partial charge in [0.2, 0.25) is 0 Å². The molecular weight excluding hydrogens is 244 g/mol. The molecule has 7 heteroatoms. The Morgan fingerprint density at radius 2 is 2.41 bits per heavy atom. The van der Waals surface area contributed by atoms with Gasteiger partial charge in [-0.15, -0.1) is 0 Å². The zero-order valence-corrected chi connectivity index (χ0v) is 10.1. The number of H-pyrrole nitrogens is 1. The number of aryl methyl sites for hydroxylation is 1. The molecule has 0 spiro atoms. The van der Waals surface area contributed by atoms with Crippen LogP contribution in [0.5, 0.6) is 0 Å². The van der Waals surface area contributed by atoms with Crippen molar-refractivity contribution in [1.29, 1.82) is 0 Å². The van der Waals surface area contributed by atoms with E-state index in [9.17, 15) is 9.90 Å². The first-order chi connectivity index (χ1) is 8.02. The molecule has 2 heterocycles. The maximum absolute atomic E-state index is 11.3. The van der Waals surface area contributed by atoms with E-state index in [0.29, 0.717) is 12.0 Å². The molecule has 94 valence electrons. The fraction of sp³-hybridized carbons (Fsp3) is 0.600. The first-order valence-electron chi connectivity index (χ1n) is 5.29. The SMILES string of the molecule is Cc1cn([C@H]2C[C@@H](O)[C@@H](CO)O2)c(=S)[nH]c1=O. The molecule has 17 heavy (non-hydrogen) atoms. The highest BCUT2D eigenvalue weighted by Crippen LogP contribution is 2.28. The Hall–Kier alpha value is -1.02. The highest BCUT2D eigenvalue weighted by Gasteiger charge is 2.34. The second-order valence-corrected chi connectivity index (χ2v) is 4.48. The van der Waals surface area contributed by atoms with Crippen LogP contribution in [-0.4, -0.2) is 38.6 Å². The van der Waals surface area contributed by atoms with Crippen LogP contribution in [0.2, 0.25) is 0 Å². The van der Waals surface area contributed by atoms with Gasteiger partial charge in [-0.1, -0.05) is 0 Å². The molecule has 1 aliphatic heterocycles. The fourth-order valence-corrected chi connectivity index (χ4v) is 2.11. The van der Waals surface area contributed by atoms with Crippen molar-refractivity contribution in [2.75, 3.05) is 6.61 Å². The van der Waals surface area contributed by atoms with Crippen molar-refractivity contribution >= 4 is 12.2 Å². The minimum absolute atomic E-state index is 0.233. The summed E-state index contributed by atoms with van der Waals surface area (Å²) in [4.78, 5) is 13.9. The Balaban J connectivity index is 2.34. The summed E-state index contributed by atoms with van der Waals surface area (Å²) in [5, 5.41) is 18.6. The quantitative estimate of drug-likeness (QED) is 0.642. The predicted octanol–water partition coefficient (Wildman–Crippen LogP) is -0.145.